The Bertz CT molecular complexity index is 422. The topological polar surface area (TPSA) is 80.4 Å². The number of aliphatic hydroxyl groups is 1. The van der Waals surface area contributed by atoms with Gasteiger partial charge in [0.15, 0.2) is 9.84 Å². The van der Waals surface area contributed by atoms with E-state index in [1.54, 1.807) is 0 Å². The molecular formula is C8H11NO4S. The molecule has 1 aliphatic heterocycles. The first-order chi connectivity index (χ1) is 6.63. The molecule has 0 aliphatic carbocycles. The van der Waals surface area contributed by atoms with Crippen LogP contribution in [0.15, 0.2) is 10.7 Å². The summed E-state index contributed by atoms with van der Waals surface area (Å²) in [5.74, 6) is 0.417. The molecule has 78 valence electrons. The van der Waals surface area contributed by atoms with E-state index in [9.17, 15) is 8.42 Å². The zero-order valence-corrected chi connectivity index (χ0v) is 8.33. The van der Waals surface area contributed by atoms with Crippen molar-refractivity contribution in [2.75, 3.05) is 5.75 Å². The van der Waals surface area contributed by atoms with Crippen LogP contribution in [-0.4, -0.2) is 24.3 Å². The van der Waals surface area contributed by atoms with Gasteiger partial charge in [-0.15, -0.1) is 0 Å². The first-order valence-corrected chi connectivity index (χ1v) is 6.12. The highest BCUT2D eigenvalue weighted by Crippen LogP contribution is 2.33. The Hall–Kier alpha value is -0.880. The summed E-state index contributed by atoms with van der Waals surface area (Å²) in [5, 5.41) is 8.14. The molecule has 0 radical (unpaired) electrons. The molecule has 0 amide bonds. The van der Waals surface area contributed by atoms with E-state index >= 15 is 0 Å². The van der Waals surface area contributed by atoms with Crippen LogP contribution in [0.1, 0.15) is 29.7 Å². The third-order valence-electron chi connectivity index (χ3n) is 2.34. The Morgan fingerprint density at radius 1 is 1.64 bits per heavy atom. The predicted molar refractivity (Wildman–Crippen MR) is 48.2 cm³/mol. The summed E-state index contributed by atoms with van der Waals surface area (Å²) in [7, 11) is -3.07. The number of oxazole rings is 1. The molecule has 14 heavy (non-hydrogen) atoms. The molecule has 0 bridgehead atoms. The van der Waals surface area contributed by atoms with Crippen molar-refractivity contribution in [1.82, 2.24) is 4.98 Å². The largest absolute Gasteiger partial charge is 0.447 e. The van der Waals surface area contributed by atoms with Crippen LogP contribution < -0.4 is 0 Å². The quantitative estimate of drug-likeness (QED) is 0.776. The highest BCUT2D eigenvalue weighted by Gasteiger charge is 2.36. The van der Waals surface area contributed by atoms with Gasteiger partial charge in [-0.2, -0.15) is 0 Å². The Balaban J connectivity index is 2.31. The lowest BCUT2D eigenvalue weighted by Crippen LogP contribution is -2.08. The van der Waals surface area contributed by atoms with E-state index < -0.39 is 15.1 Å². The second kappa shape index (κ2) is 3.36. The molecule has 0 spiro atoms. The molecule has 6 heteroatoms. The number of hydrogen-bond acceptors (Lipinski definition) is 5. The van der Waals surface area contributed by atoms with Crippen LogP contribution in [0.5, 0.6) is 0 Å². The Morgan fingerprint density at radius 2 is 2.43 bits per heavy atom. The number of rotatable bonds is 2. The lowest BCUT2D eigenvalue weighted by atomic mass is 10.2. The molecular weight excluding hydrogens is 206 g/mol. The van der Waals surface area contributed by atoms with Gasteiger partial charge in [0.25, 0.3) is 0 Å². The summed E-state index contributed by atoms with van der Waals surface area (Å²) >= 11 is 0. The van der Waals surface area contributed by atoms with Crippen LogP contribution in [0.25, 0.3) is 0 Å². The van der Waals surface area contributed by atoms with Gasteiger partial charge >= 0.3 is 0 Å². The van der Waals surface area contributed by atoms with Gasteiger partial charge in [-0.3, -0.25) is 0 Å². The normalized spacial score (nSPS) is 25.4. The summed E-state index contributed by atoms with van der Waals surface area (Å²) in [5.41, 5.74) is 0.377. The van der Waals surface area contributed by atoms with Crippen molar-refractivity contribution in [3.8, 4) is 0 Å². The number of sulfone groups is 1. The number of nitrogens with zero attached hydrogens (tertiary/aromatic N) is 1. The zero-order chi connectivity index (χ0) is 10.2. The van der Waals surface area contributed by atoms with Crippen LogP contribution in [0, 0.1) is 0 Å². The summed E-state index contributed by atoms with van der Waals surface area (Å²) < 4.78 is 28.0. The fourth-order valence-corrected chi connectivity index (χ4v) is 3.41. The average molecular weight is 217 g/mol. The summed E-state index contributed by atoms with van der Waals surface area (Å²) in [6, 6.07) is 0. The molecule has 0 aromatic carbocycles. The van der Waals surface area contributed by atoms with Crippen molar-refractivity contribution in [3.63, 3.8) is 0 Å². The molecule has 1 aromatic heterocycles. The maximum absolute atomic E-state index is 11.5. The van der Waals surface area contributed by atoms with Gasteiger partial charge < -0.3 is 9.52 Å². The molecule has 1 atom stereocenters. The van der Waals surface area contributed by atoms with Crippen molar-refractivity contribution in [2.24, 2.45) is 0 Å². The van der Waals surface area contributed by atoms with Crippen LogP contribution in [0.3, 0.4) is 0 Å². The van der Waals surface area contributed by atoms with E-state index in [1.807, 2.05) is 0 Å². The van der Waals surface area contributed by atoms with Crippen LogP contribution >= 0.6 is 0 Å². The molecule has 2 rings (SSSR count). The van der Waals surface area contributed by atoms with Gasteiger partial charge in [0.1, 0.15) is 17.2 Å². The smallest absolute Gasteiger partial charge is 0.212 e. The van der Waals surface area contributed by atoms with Gasteiger partial charge in [0, 0.05) is 0 Å². The SMILES string of the molecule is O=S1(=O)CCCC1c1nc(CO)co1. The van der Waals surface area contributed by atoms with E-state index in [0.717, 1.165) is 0 Å². The number of aliphatic hydroxyl groups excluding tert-OH is 1. The molecule has 0 saturated carbocycles. The van der Waals surface area contributed by atoms with E-state index in [2.05, 4.69) is 4.98 Å². The van der Waals surface area contributed by atoms with Crippen LogP contribution in [0.4, 0.5) is 0 Å². The fraction of sp³-hybridized carbons (Fsp3) is 0.625. The third-order valence-corrected chi connectivity index (χ3v) is 4.50. The van der Waals surface area contributed by atoms with E-state index in [-0.39, 0.29) is 18.3 Å². The van der Waals surface area contributed by atoms with E-state index in [0.29, 0.717) is 18.5 Å². The first-order valence-electron chi connectivity index (χ1n) is 4.40. The van der Waals surface area contributed by atoms with Crippen molar-refractivity contribution in [3.05, 3.63) is 17.8 Å². The summed E-state index contributed by atoms with van der Waals surface area (Å²) in [4.78, 5) is 3.91. The van der Waals surface area contributed by atoms with Crippen molar-refractivity contribution in [2.45, 2.75) is 24.7 Å². The lowest BCUT2D eigenvalue weighted by Gasteiger charge is -2.02. The molecule has 5 nitrogen and oxygen atoms in total. The Labute approximate surface area is 81.7 Å². The standard InChI is InChI=1S/C8H11NO4S/c10-4-6-5-13-8(9-6)7-2-1-3-14(7,11)12/h5,7,10H,1-4H2. The highest BCUT2D eigenvalue weighted by atomic mass is 32.2. The van der Waals surface area contributed by atoms with E-state index in [4.69, 9.17) is 9.52 Å². The van der Waals surface area contributed by atoms with E-state index in [1.165, 1.54) is 6.26 Å². The fourth-order valence-electron chi connectivity index (χ4n) is 1.61. The van der Waals surface area contributed by atoms with Crippen molar-refractivity contribution < 1.29 is 17.9 Å². The summed E-state index contributed by atoms with van der Waals surface area (Å²) in [6.07, 6.45) is 2.51. The molecule has 1 N–H and O–H groups in total. The molecule has 2 heterocycles. The number of hydrogen-bond donors (Lipinski definition) is 1. The minimum Gasteiger partial charge on any atom is -0.447 e. The minimum atomic E-state index is -3.07. The van der Waals surface area contributed by atoms with Gasteiger partial charge in [0.2, 0.25) is 5.89 Å². The van der Waals surface area contributed by atoms with Gasteiger partial charge in [-0.25, -0.2) is 13.4 Å². The lowest BCUT2D eigenvalue weighted by molar-refractivity contribution is 0.276. The minimum absolute atomic E-state index is 0.203. The monoisotopic (exact) mass is 217 g/mol. The highest BCUT2D eigenvalue weighted by molar-refractivity contribution is 7.91. The number of aromatic nitrogens is 1. The molecule has 1 saturated heterocycles. The van der Waals surface area contributed by atoms with Gasteiger partial charge in [0.05, 0.1) is 12.4 Å². The first kappa shape index (κ1) is 9.67. The van der Waals surface area contributed by atoms with Crippen LogP contribution in [-0.2, 0) is 16.4 Å². The van der Waals surface area contributed by atoms with Crippen molar-refractivity contribution in [1.29, 1.82) is 0 Å². The molecule has 1 fully saturated rings. The molecule has 1 aromatic rings. The third kappa shape index (κ3) is 1.55. The second-order valence-electron chi connectivity index (χ2n) is 3.33. The summed E-state index contributed by atoms with van der Waals surface area (Å²) in [6.45, 7) is -0.226. The molecule has 1 unspecified atom stereocenters. The maximum Gasteiger partial charge on any atom is 0.212 e. The Morgan fingerprint density at radius 3 is 2.93 bits per heavy atom. The van der Waals surface area contributed by atoms with Crippen LogP contribution in [0.2, 0.25) is 0 Å². The van der Waals surface area contributed by atoms with Crippen molar-refractivity contribution >= 4 is 9.84 Å². The second-order valence-corrected chi connectivity index (χ2v) is 5.64. The molecule has 1 aliphatic rings. The van der Waals surface area contributed by atoms with Gasteiger partial charge in [-0.1, -0.05) is 0 Å². The predicted octanol–water partition coefficient (Wildman–Crippen LogP) is 0.417. The maximum atomic E-state index is 11.5. The average Bonchev–Trinajstić information content (AvgIpc) is 2.70. The van der Waals surface area contributed by atoms with Gasteiger partial charge in [-0.05, 0) is 12.8 Å². The zero-order valence-electron chi connectivity index (χ0n) is 7.51. The Kier molecular flexibility index (Phi) is 2.32.